The molecule has 2 aromatic rings. The molecule has 0 unspecified atom stereocenters. The highest BCUT2D eigenvalue weighted by Crippen LogP contribution is 2.38. The molecule has 0 aliphatic rings. The molecule has 0 fully saturated rings. The van der Waals surface area contributed by atoms with Gasteiger partial charge in [0.2, 0.25) is 11.5 Å². The molecule has 0 saturated heterocycles. The number of hydrogen-bond donors (Lipinski definition) is 0. The number of esters is 1. The van der Waals surface area contributed by atoms with E-state index in [9.17, 15) is 9.59 Å². The summed E-state index contributed by atoms with van der Waals surface area (Å²) in [5, 5.41) is 0. The molecular formula is C20H21BrO6. The Labute approximate surface area is 166 Å². The SMILES string of the molecule is COc1cc(CCC(=O)OCC(=O)c2ccccc2Br)cc(OC)c1OC. The van der Waals surface area contributed by atoms with Crippen LogP contribution in [0.3, 0.4) is 0 Å². The lowest BCUT2D eigenvalue weighted by atomic mass is 10.1. The highest BCUT2D eigenvalue weighted by Gasteiger charge is 2.15. The van der Waals surface area contributed by atoms with E-state index in [1.165, 1.54) is 21.3 Å². The fourth-order valence-electron chi connectivity index (χ4n) is 2.51. The number of benzene rings is 2. The monoisotopic (exact) mass is 436 g/mol. The maximum atomic E-state index is 12.1. The molecule has 0 N–H and O–H groups in total. The van der Waals surface area contributed by atoms with E-state index in [-0.39, 0.29) is 18.8 Å². The maximum Gasteiger partial charge on any atom is 0.306 e. The zero-order chi connectivity index (χ0) is 19.8. The third-order valence-corrected chi connectivity index (χ3v) is 4.57. The molecule has 27 heavy (non-hydrogen) atoms. The van der Waals surface area contributed by atoms with E-state index in [1.54, 1.807) is 30.3 Å². The lowest BCUT2D eigenvalue weighted by Gasteiger charge is -2.14. The number of carbonyl (C=O) groups excluding carboxylic acids is 2. The summed E-state index contributed by atoms with van der Waals surface area (Å²) in [4.78, 5) is 24.1. The van der Waals surface area contributed by atoms with Crippen LogP contribution in [0, 0.1) is 0 Å². The van der Waals surface area contributed by atoms with Gasteiger partial charge in [-0.2, -0.15) is 0 Å². The van der Waals surface area contributed by atoms with Gasteiger partial charge in [-0.25, -0.2) is 0 Å². The molecule has 7 heteroatoms. The lowest BCUT2D eigenvalue weighted by molar-refractivity contribution is -0.142. The molecule has 0 amide bonds. The fraction of sp³-hybridized carbons (Fsp3) is 0.300. The number of ketones is 1. The van der Waals surface area contributed by atoms with E-state index in [4.69, 9.17) is 18.9 Å². The molecule has 0 spiro atoms. The van der Waals surface area contributed by atoms with E-state index in [0.29, 0.717) is 33.7 Å². The molecule has 6 nitrogen and oxygen atoms in total. The average molecular weight is 437 g/mol. The first-order chi connectivity index (χ1) is 13.0. The van der Waals surface area contributed by atoms with Crippen LogP contribution in [0.25, 0.3) is 0 Å². The smallest absolute Gasteiger partial charge is 0.306 e. The van der Waals surface area contributed by atoms with Crippen molar-refractivity contribution in [3.05, 3.63) is 52.0 Å². The first-order valence-corrected chi connectivity index (χ1v) is 9.01. The summed E-state index contributed by atoms with van der Waals surface area (Å²) in [6.07, 6.45) is 0.542. The summed E-state index contributed by atoms with van der Waals surface area (Å²) >= 11 is 3.31. The van der Waals surface area contributed by atoms with Crippen LogP contribution in [0.1, 0.15) is 22.3 Å². The van der Waals surface area contributed by atoms with Crippen molar-refractivity contribution in [2.24, 2.45) is 0 Å². The number of carbonyl (C=O) groups is 2. The third kappa shape index (κ3) is 5.47. The minimum absolute atomic E-state index is 0.127. The summed E-state index contributed by atoms with van der Waals surface area (Å²) in [5.41, 5.74) is 1.31. The van der Waals surface area contributed by atoms with E-state index in [2.05, 4.69) is 15.9 Å². The summed E-state index contributed by atoms with van der Waals surface area (Å²) in [6, 6.07) is 10.6. The third-order valence-electron chi connectivity index (χ3n) is 3.88. The van der Waals surface area contributed by atoms with Crippen LogP contribution in [0.5, 0.6) is 17.2 Å². The summed E-state index contributed by atoms with van der Waals surface area (Å²) in [7, 11) is 4.59. The second-order valence-corrected chi connectivity index (χ2v) is 6.45. The van der Waals surface area contributed by atoms with E-state index in [0.717, 1.165) is 5.56 Å². The predicted octanol–water partition coefficient (Wildman–Crippen LogP) is 3.83. The van der Waals surface area contributed by atoms with Crippen molar-refractivity contribution in [1.29, 1.82) is 0 Å². The molecule has 0 bridgehead atoms. The van der Waals surface area contributed by atoms with Gasteiger partial charge in [0.1, 0.15) is 0 Å². The van der Waals surface area contributed by atoms with Gasteiger partial charge < -0.3 is 18.9 Å². The van der Waals surface area contributed by atoms with Crippen LogP contribution in [0.15, 0.2) is 40.9 Å². The van der Waals surface area contributed by atoms with Gasteiger partial charge in [-0.3, -0.25) is 9.59 Å². The minimum atomic E-state index is -0.454. The largest absolute Gasteiger partial charge is 0.493 e. The Bertz CT molecular complexity index is 793. The van der Waals surface area contributed by atoms with Crippen LogP contribution >= 0.6 is 15.9 Å². The van der Waals surface area contributed by atoms with E-state index < -0.39 is 5.97 Å². The van der Waals surface area contributed by atoms with Crippen molar-refractivity contribution in [1.82, 2.24) is 0 Å². The van der Waals surface area contributed by atoms with Crippen LogP contribution in [-0.2, 0) is 16.0 Å². The Morgan fingerprint density at radius 3 is 2.15 bits per heavy atom. The minimum Gasteiger partial charge on any atom is -0.493 e. The van der Waals surface area contributed by atoms with Gasteiger partial charge in [0.05, 0.1) is 21.3 Å². The first-order valence-electron chi connectivity index (χ1n) is 8.22. The Hall–Kier alpha value is -2.54. The molecule has 0 heterocycles. The van der Waals surface area contributed by atoms with Crippen molar-refractivity contribution >= 4 is 27.7 Å². The maximum absolute atomic E-state index is 12.1. The Kier molecular flexibility index (Phi) is 7.67. The second-order valence-electron chi connectivity index (χ2n) is 5.60. The zero-order valence-corrected chi connectivity index (χ0v) is 17.0. The number of Topliss-reactive ketones (excluding diaryl/α,β-unsaturated/α-hetero) is 1. The average Bonchev–Trinajstić information content (AvgIpc) is 2.69. The van der Waals surface area contributed by atoms with Crippen LogP contribution in [0.4, 0.5) is 0 Å². The van der Waals surface area contributed by atoms with Gasteiger partial charge in [0, 0.05) is 16.5 Å². The van der Waals surface area contributed by atoms with Gasteiger partial charge in [-0.1, -0.05) is 34.1 Å². The highest BCUT2D eigenvalue weighted by atomic mass is 79.9. The second kappa shape index (κ2) is 9.97. The Morgan fingerprint density at radius 1 is 0.963 bits per heavy atom. The van der Waals surface area contributed by atoms with Crippen molar-refractivity contribution in [3.8, 4) is 17.2 Å². The standard InChI is InChI=1S/C20H21BrO6/c1-24-17-10-13(11-18(25-2)20(17)26-3)8-9-19(23)27-12-16(22)14-6-4-5-7-15(14)21/h4-7,10-11H,8-9,12H2,1-3H3. The van der Waals surface area contributed by atoms with Crippen LogP contribution in [0.2, 0.25) is 0 Å². The Balaban J connectivity index is 1.94. The topological polar surface area (TPSA) is 71.1 Å². The van der Waals surface area contributed by atoms with Crippen molar-refractivity contribution in [2.75, 3.05) is 27.9 Å². The quantitative estimate of drug-likeness (QED) is 0.439. The van der Waals surface area contributed by atoms with Gasteiger partial charge in [-0.05, 0) is 30.2 Å². The number of hydrogen-bond acceptors (Lipinski definition) is 6. The van der Waals surface area contributed by atoms with Gasteiger partial charge >= 0.3 is 5.97 Å². The number of halogens is 1. The molecule has 2 rings (SSSR count). The molecule has 2 aromatic carbocycles. The van der Waals surface area contributed by atoms with Crippen molar-refractivity contribution < 1.29 is 28.5 Å². The molecule has 0 aliphatic heterocycles. The zero-order valence-electron chi connectivity index (χ0n) is 15.4. The fourth-order valence-corrected chi connectivity index (χ4v) is 3.02. The number of ether oxygens (including phenoxy) is 4. The lowest BCUT2D eigenvalue weighted by Crippen LogP contribution is -2.15. The van der Waals surface area contributed by atoms with Gasteiger partial charge in [0.25, 0.3) is 0 Å². The van der Waals surface area contributed by atoms with Crippen LogP contribution < -0.4 is 14.2 Å². The normalized spacial score (nSPS) is 10.2. The highest BCUT2D eigenvalue weighted by molar-refractivity contribution is 9.10. The number of methoxy groups -OCH3 is 3. The summed E-state index contributed by atoms with van der Waals surface area (Å²) in [5.74, 6) is 0.812. The van der Waals surface area contributed by atoms with Crippen molar-refractivity contribution in [2.45, 2.75) is 12.8 Å². The molecule has 0 aliphatic carbocycles. The van der Waals surface area contributed by atoms with E-state index >= 15 is 0 Å². The first kappa shape index (κ1) is 20.8. The molecular weight excluding hydrogens is 416 g/mol. The summed E-state index contributed by atoms with van der Waals surface area (Å²) in [6.45, 7) is -0.295. The molecule has 144 valence electrons. The summed E-state index contributed by atoms with van der Waals surface area (Å²) < 4.78 is 21.6. The Morgan fingerprint density at radius 2 is 1.59 bits per heavy atom. The number of rotatable bonds is 9. The molecule has 0 radical (unpaired) electrons. The number of aryl methyl sites for hydroxylation is 1. The predicted molar refractivity (Wildman–Crippen MR) is 104 cm³/mol. The molecule has 0 saturated carbocycles. The molecule has 0 aromatic heterocycles. The van der Waals surface area contributed by atoms with Crippen molar-refractivity contribution in [3.63, 3.8) is 0 Å². The van der Waals surface area contributed by atoms with Gasteiger partial charge in [0.15, 0.2) is 18.1 Å². The molecule has 0 atom stereocenters. The van der Waals surface area contributed by atoms with Crippen LogP contribution in [-0.4, -0.2) is 39.7 Å². The van der Waals surface area contributed by atoms with E-state index in [1.807, 2.05) is 6.07 Å². The van der Waals surface area contributed by atoms with Gasteiger partial charge in [-0.15, -0.1) is 0 Å².